The molecule has 0 aromatic heterocycles. The molecule has 3 aromatic carbocycles. The normalized spacial score (nSPS) is 12.8. The number of ether oxygens (including phenoxy) is 2. The highest BCUT2D eigenvalue weighted by Crippen LogP contribution is 2.44. The van der Waals surface area contributed by atoms with Crippen LogP contribution in [-0.4, -0.2) is 60.9 Å². The van der Waals surface area contributed by atoms with Crippen molar-refractivity contribution in [3.8, 4) is 11.1 Å². The Kier molecular flexibility index (Phi) is 9.11. The number of benzene rings is 3. The highest BCUT2D eigenvalue weighted by molar-refractivity contribution is 5.86. The van der Waals surface area contributed by atoms with Gasteiger partial charge in [0, 0.05) is 39.1 Å². The lowest BCUT2D eigenvalue weighted by molar-refractivity contribution is -0.139. The van der Waals surface area contributed by atoms with Crippen LogP contribution in [0.2, 0.25) is 0 Å². The summed E-state index contributed by atoms with van der Waals surface area (Å²) < 4.78 is 10.8. The molecule has 2 N–H and O–H groups in total. The molecule has 1 aliphatic carbocycles. The zero-order valence-corrected chi connectivity index (χ0v) is 21.3. The maximum atomic E-state index is 13.5. The molecule has 0 radical (unpaired) electrons. The van der Waals surface area contributed by atoms with Crippen LogP contribution >= 0.6 is 0 Å². The molecule has 1 unspecified atom stereocenters. The summed E-state index contributed by atoms with van der Waals surface area (Å²) >= 11 is 0. The van der Waals surface area contributed by atoms with Gasteiger partial charge in [-0.05, 0) is 27.8 Å². The van der Waals surface area contributed by atoms with Gasteiger partial charge in [-0.1, -0.05) is 78.9 Å². The molecular formula is C30H32N2O6. The number of rotatable bonds is 12. The fourth-order valence-corrected chi connectivity index (χ4v) is 4.80. The molecule has 198 valence electrons. The van der Waals surface area contributed by atoms with E-state index in [-0.39, 0.29) is 51.0 Å². The molecule has 0 spiro atoms. The van der Waals surface area contributed by atoms with Gasteiger partial charge in [0.1, 0.15) is 12.6 Å². The Morgan fingerprint density at radius 2 is 1.53 bits per heavy atom. The number of amides is 2. The van der Waals surface area contributed by atoms with E-state index in [1.807, 2.05) is 66.7 Å². The number of hydrogen-bond acceptors (Lipinski definition) is 5. The number of fused-ring (bicyclic) bond motifs is 3. The van der Waals surface area contributed by atoms with E-state index in [9.17, 15) is 19.5 Å². The van der Waals surface area contributed by atoms with Crippen molar-refractivity contribution >= 4 is 18.0 Å². The van der Waals surface area contributed by atoms with Gasteiger partial charge in [-0.3, -0.25) is 9.59 Å². The molecule has 0 aliphatic heterocycles. The van der Waals surface area contributed by atoms with Gasteiger partial charge < -0.3 is 24.8 Å². The predicted octanol–water partition coefficient (Wildman–Crippen LogP) is 4.43. The smallest absolute Gasteiger partial charge is 0.407 e. The second-order valence-corrected chi connectivity index (χ2v) is 9.19. The molecule has 8 heteroatoms. The first-order valence-electron chi connectivity index (χ1n) is 12.6. The minimum atomic E-state index is -1.01. The van der Waals surface area contributed by atoms with Crippen molar-refractivity contribution in [3.63, 3.8) is 0 Å². The SMILES string of the molecule is COCCC(NC(=O)OCC1c2ccccc2-c2ccccc21)C(=O)N(CCC(=O)O)Cc1ccccc1. The van der Waals surface area contributed by atoms with Crippen LogP contribution in [-0.2, 0) is 25.6 Å². The lowest BCUT2D eigenvalue weighted by atomic mass is 9.98. The van der Waals surface area contributed by atoms with Crippen molar-refractivity contribution in [2.24, 2.45) is 0 Å². The van der Waals surface area contributed by atoms with Gasteiger partial charge in [-0.2, -0.15) is 0 Å². The van der Waals surface area contributed by atoms with E-state index in [4.69, 9.17) is 9.47 Å². The largest absolute Gasteiger partial charge is 0.481 e. The summed E-state index contributed by atoms with van der Waals surface area (Å²) in [5.41, 5.74) is 5.30. The third-order valence-electron chi connectivity index (χ3n) is 6.67. The third kappa shape index (κ3) is 6.58. The van der Waals surface area contributed by atoms with Crippen molar-refractivity contribution in [1.82, 2.24) is 10.2 Å². The quantitative estimate of drug-likeness (QED) is 0.369. The Bertz CT molecular complexity index is 1220. The van der Waals surface area contributed by atoms with Crippen LogP contribution in [0.15, 0.2) is 78.9 Å². The van der Waals surface area contributed by atoms with E-state index >= 15 is 0 Å². The van der Waals surface area contributed by atoms with Gasteiger partial charge in [0.05, 0.1) is 6.42 Å². The lowest BCUT2D eigenvalue weighted by Gasteiger charge is -2.27. The van der Waals surface area contributed by atoms with Crippen molar-refractivity contribution in [3.05, 3.63) is 95.6 Å². The Labute approximate surface area is 222 Å². The number of nitrogens with one attached hydrogen (secondary N) is 1. The van der Waals surface area contributed by atoms with E-state index in [0.29, 0.717) is 0 Å². The van der Waals surface area contributed by atoms with Gasteiger partial charge in [0.15, 0.2) is 0 Å². The summed E-state index contributed by atoms with van der Waals surface area (Å²) in [6.07, 6.45) is -0.697. The lowest BCUT2D eigenvalue weighted by Crippen LogP contribution is -2.49. The number of carbonyl (C=O) groups is 3. The molecule has 0 heterocycles. The number of aliphatic carboxylic acids is 1. The molecule has 3 aromatic rings. The van der Waals surface area contributed by atoms with E-state index in [1.165, 1.54) is 12.0 Å². The van der Waals surface area contributed by atoms with Gasteiger partial charge >= 0.3 is 12.1 Å². The minimum absolute atomic E-state index is 0.0128. The molecule has 0 saturated heterocycles. The number of carboxylic acid groups (broad SMARTS) is 1. The van der Waals surface area contributed by atoms with Crippen LogP contribution in [0.25, 0.3) is 11.1 Å². The van der Waals surface area contributed by atoms with E-state index in [2.05, 4.69) is 17.4 Å². The van der Waals surface area contributed by atoms with Gasteiger partial charge in [-0.25, -0.2) is 4.79 Å². The van der Waals surface area contributed by atoms with Gasteiger partial charge in [0.2, 0.25) is 5.91 Å². The van der Waals surface area contributed by atoms with E-state index < -0.39 is 18.1 Å². The fourth-order valence-electron chi connectivity index (χ4n) is 4.80. The van der Waals surface area contributed by atoms with Crippen molar-refractivity contribution in [1.29, 1.82) is 0 Å². The highest BCUT2D eigenvalue weighted by Gasteiger charge is 2.31. The summed E-state index contributed by atoms with van der Waals surface area (Å²) in [5, 5.41) is 11.9. The van der Waals surface area contributed by atoms with E-state index in [0.717, 1.165) is 27.8 Å². The summed E-state index contributed by atoms with van der Waals surface area (Å²) in [6.45, 7) is 0.595. The van der Waals surface area contributed by atoms with Crippen LogP contribution < -0.4 is 5.32 Å². The first-order chi connectivity index (χ1) is 18.5. The predicted molar refractivity (Wildman–Crippen MR) is 143 cm³/mol. The highest BCUT2D eigenvalue weighted by atomic mass is 16.5. The number of alkyl carbamates (subject to hydrolysis) is 1. The monoisotopic (exact) mass is 516 g/mol. The average Bonchev–Trinajstić information content (AvgIpc) is 3.26. The fraction of sp³-hybridized carbons (Fsp3) is 0.300. The van der Waals surface area contributed by atoms with Crippen LogP contribution in [0, 0.1) is 0 Å². The summed E-state index contributed by atoms with van der Waals surface area (Å²) in [4.78, 5) is 39.1. The summed E-state index contributed by atoms with van der Waals surface area (Å²) in [6, 6.07) is 24.5. The topological polar surface area (TPSA) is 105 Å². The van der Waals surface area contributed by atoms with Crippen molar-refractivity contribution < 1.29 is 29.0 Å². The number of carboxylic acids is 1. The summed E-state index contributed by atoms with van der Waals surface area (Å²) in [7, 11) is 1.51. The maximum absolute atomic E-state index is 13.5. The standard InChI is InChI=1S/C30H32N2O6/c1-37-18-16-27(29(35)32(17-15-28(33)34)19-21-9-3-2-4-10-21)31-30(36)38-20-26-24-13-7-5-11-22(24)23-12-6-8-14-25(23)26/h2-14,26-27H,15-20H2,1H3,(H,31,36)(H,33,34). The summed E-state index contributed by atoms with van der Waals surface area (Å²) in [5.74, 6) is -1.50. The average molecular weight is 517 g/mol. The van der Waals surface area contributed by atoms with E-state index in [1.54, 1.807) is 0 Å². The minimum Gasteiger partial charge on any atom is -0.481 e. The molecule has 0 saturated carbocycles. The molecule has 2 amide bonds. The van der Waals surface area contributed by atoms with Crippen LogP contribution in [0.1, 0.15) is 35.4 Å². The maximum Gasteiger partial charge on any atom is 0.407 e. The molecular weight excluding hydrogens is 484 g/mol. The second-order valence-electron chi connectivity index (χ2n) is 9.19. The first kappa shape index (κ1) is 26.9. The van der Waals surface area contributed by atoms with Gasteiger partial charge in [0.25, 0.3) is 0 Å². The molecule has 38 heavy (non-hydrogen) atoms. The number of methoxy groups -OCH3 is 1. The molecule has 0 bridgehead atoms. The van der Waals surface area contributed by atoms with Crippen molar-refractivity contribution in [2.45, 2.75) is 31.3 Å². The third-order valence-corrected chi connectivity index (χ3v) is 6.67. The zero-order chi connectivity index (χ0) is 26.9. The molecule has 1 atom stereocenters. The number of nitrogens with zero attached hydrogens (tertiary/aromatic N) is 1. The number of carbonyl (C=O) groups excluding carboxylic acids is 2. The van der Waals surface area contributed by atoms with Crippen LogP contribution in [0.5, 0.6) is 0 Å². The van der Waals surface area contributed by atoms with Crippen LogP contribution in [0.3, 0.4) is 0 Å². The van der Waals surface area contributed by atoms with Crippen molar-refractivity contribution in [2.75, 3.05) is 26.9 Å². The molecule has 8 nitrogen and oxygen atoms in total. The zero-order valence-electron chi connectivity index (χ0n) is 21.3. The van der Waals surface area contributed by atoms with Crippen LogP contribution in [0.4, 0.5) is 4.79 Å². The van der Waals surface area contributed by atoms with Gasteiger partial charge in [-0.15, -0.1) is 0 Å². The number of hydrogen-bond donors (Lipinski definition) is 2. The molecule has 4 rings (SSSR count). The first-order valence-corrected chi connectivity index (χ1v) is 12.6. The Morgan fingerprint density at radius 1 is 0.921 bits per heavy atom. The Hall–Kier alpha value is -4.17. The Morgan fingerprint density at radius 3 is 2.13 bits per heavy atom. The Balaban J connectivity index is 1.45. The molecule has 0 fully saturated rings. The second kappa shape index (κ2) is 12.9. The molecule has 1 aliphatic rings.